The van der Waals surface area contributed by atoms with Crippen LogP contribution in [0.5, 0.6) is 0 Å². The summed E-state index contributed by atoms with van der Waals surface area (Å²) in [5.41, 5.74) is 2.31. The molecule has 6 nitrogen and oxygen atoms in total. The van der Waals surface area contributed by atoms with Crippen molar-refractivity contribution in [3.63, 3.8) is 0 Å². The second-order valence-electron chi connectivity index (χ2n) is 7.78. The number of halogens is 1. The molecule has 2 saturated heterocycles. The predicted octanol–water partition coefficient (Wildman–Crippen LogP) is 1.95. The number of aromatic nitrogens is 1. The van der Waals surface area contributed by atoms with E-state index in [-0.39, 0.29) is 29.8 Å². The van der Waals surface area contributed by atoms with Gasteiger partial charge in [0.15, 0.2) is 0 Å². The minimum Gasteiger partial charge on any atom is -0.378 e. The van der Waals surface area contributed by atoms with Gasteiger partial charge in [0.05, 0.1) is 31.1 Å². The van der Waals surface area contributed by atoms with Crippen molar-refractivity contribution in [1.29, 1.82) is 0 Å². The van der Waals surface area contributed by atoms with Crippen molar-refractivity contribution in [2.75, 3.05) is 19.8 Å². The van der Waals surface area contributed by atoms with E-state index in [0.717, 1.165) is 37.0 Å². The third kappa shape index (κ3) is 3.13. The maximum atomic E-state index is 13.9. The van der Waals surface area contributed by atoms with Gasteiger partial charge in [0.25, 0.3) is 5.91 Å². The van der Waals surface area contributed by atoms with Crippen molar-refractivity contribution in [2.24, 2.45) is 0 Å². The van der Waals surface area contributed by atoms with Gasteiger partial charge in [-0.25, -0.2) is 4.39 Å². The lowest BCUT2D eigenvalue weighted by Crippen LogP contribution is -2.58. The third-order valence-corrected chi connectivity index (χ3v) is 5.85. The van der Waals surface area contributed by atoms with Gasteiger partial charge in [-0.3, -0.25) is 4.79 Å². The molecular weight excluding hydrogens is 349 g/mol. The van der Waals surface area contributed by atoms with Crippen LogP contribution in [0.1, 0.15) is 35.3 Å². The monoisotopic (exact) mass is 373 g/mol. The summed E-state index contributed by atoms with van der Waals surface area (Å²) >= 11 is 0. The number of carbonyl (C=O) groups excluding carboxylic acids is 1. The largest absolute Gasteiger partial charge is 0.378 e. The molecule has 1 aromatic heterocycles. The molecule has 2 fully saturated rings. The average molecular weight is 373 g/mol. The summed E-state index contributed by atoms with van der Waals surface area (Å²) in [6.45, 7) is 3.20. The van der Waals surface area contributed by atoms with Crippen molar-refractivity contribution in [1.82, 2.24) is 15.2 Å². The van der Waals surface area contributed by atoms with Crippen LogP contribution >= 0.6 is 0 Å². The zero-order valence-corrected chi connectivity index (χ0v) is 15.2. The first kappa shape index (κ1) is 17.2. The SMILES string of the molecule is O=C(NC1CC2COCC(C1)N2)c1c2n(c3ccc(F)cc13)CCCOC2. The summed E-state index contributed by atoms with van der Waals surface area (Å²) in [5, 5.41) is 7.41. The fourth-order valence-corrected chi connectivity index (χ4v) is 4.74. The average Bonchev–Trinajstić information content (AvgIpc) is 2.77. The smallest absolute Gasteiger partial charge is 0.254 e. The summed E-state index contributed by atoms with van der Waals surface area (Å²) in [7, 11) is 0. The van der Waals surface area contributed by atoms with Crippen LogP contribution in [0.2, 0.25) is 0 Å². The number of morpholine rings is 1. The molecule has 3 aliphatic heterocycles. The molecule has 0 spiro atoms. The summed E-state index contributed by atoms with van der Waals surface area (Å²) in [6.07, 6.45) is 2.58. The fourth-order valence-electron chi connectivity index (χ4n) is 4.74. The predicted molar refractivity (Wildman–Crippen MR) is 98.2 cm³/mol. The standard InChI is InChI=1S/C20H24FN3O3/c21-12-2-3-17-16(6-12)19(18-11-26-5-1-4-24(17)18)20(25)23-13-7-14-9-27-10-15(8-13)22-14/h2-3,6,13-15,22H,1,4-5,7-11H2,(H,23,25). The van der Waals surface area contributed by atoms with Crippen molar-refractivity contribution in [2.45, 2.75) is 50.5 Å². The number of hydrogen-bond acceptors (Lipinski definition) is 4. The Hall–Kier alpha value is -1.96. The lowest BCUT2D eigenvalue weighted by Gasteiger charge is -2.40. The summed E-state index contributed by atoms with van der Waals surface area (Å²) in [6, 6.07) is 5.36. The Bertz CT molecular complexity index is 869. The van der Waals surface area contributed by atoms with Crippen LogP contribution in [0.3, 0.4) is 0 Å². The molecule has 1 aromatic carbocycles. The summed E-state index contributed by atoms with van der Waals surface area (Å²) in [4.78, 5) is 13.2. The van der Waals surface area contributed by atoms with E-state index in [4.69, 9.17) is 9.47 Å². The van der Waals surface area contributed by atoms with Gasteiger partial charge in [0, 0.05) is 42.2 Å². The van der Waals surface area contributed by atoms with Gasteiger partial charge >= 0.3 is 0 Å². The highest BCUT2D eigenvalue weighted by Gasteiger charge is 2.34. The Balaban J connectivity index is 1.49. The first-order valence-corrected chi connectivity index (χ1v) is 9.72. The lowest BCUT2D eigenvalue weighted by atomic mass is 9.92. The van der Waals surface area contributed by atoms with Gasteiger partial charge in [-0.15, -0.1) is 0 Å². The molecule has 0 radical (unpaired) electrons. The Morgan fingerprint density at radius 1 is 1.22 bits per heavy atom. The molecule has 0 aliphatic carbocycles. The molecule has 3 aliphatic rings. The number of ether oxygens (including phenoxy) is 2. The van der Waals surface area contributed by atoms with Crippen LogP contribution in [0, 0.1) is 5.82 Å². The summed E-state index contributed by atoms with van der Waals surface area (Å²) in [5.74, 6) is -0.456. The number of nitrogens with one attached hydrogen (secondary N) is 2. The minimum atomic E-state index is -0.327. The molecule has 2 aromatic rings. The highest BCUT2D eigenvalue weighted by Crippen LogP contribution is 2.30. The Labute approximate surface area is 157 Å². The second-order valence-corrected chi connectivity index (χ2v) is 7.78. The first-order chi connectivity index (χ1) is 13.2. The van der Waals surface area contributed by atoms with Crippen LogP contribution < -0.4 is 10.6 Å². The van der Waals surface area contributed by atoms with E-state index in [1.807, 2.05) is 0 Å². The molecule has 4 heterocycles. The number of fused-ring (bicyclic) bond motifs is 5. The van der Waals surface area contributed by atoms with Gasteiger partial charge in [-0.1, -0.05) is 0 Å². The van der Waals surface area contributed by atoms with Crippen LogP contribution in [0.15, 0.2) is 18.2 Å². The van der Waals surface area contributed by atoms with E-state index in [2.05, 4.69) is 15.2 Å². The Morgan fingerprint density at radius 2 is 2.04 bits per heavy atom. The molecule has 2 atom stereocenters. The Morgan fingerprint density at radius 3 is 2.85 bits per heavy atom. The van der Waals surface area contributed by atoms with E-state index < -0.39 is 0 Å². The van der Waals surface area contributed by atoms with E-state index >= 15 is 0 Å². The van der Waals surface area contributed by atoms with Crippen molar-refractivity contribution in [3.8, 4) is 0 Å². The molecule has 1 amide bonds. The first-order valence-electron chi connectivity index (χ1n) is 9.72. The minimum absolute atomic E-state index is 0.100. The number of carbonyl (C=O) groups is 1. The molecule has 2 bridgehead atoms. The number of hydrogen-bond donors (Lipinski definition) is 2. The van der Waals surface area contributed by atoms with Gasteiger partial charge in [0.1, 0.15) is 5.82 Å². The van der Waals surface area contributed by atoms with Crippen LogP contribution in [0.25, 0.3) is 10.9 Å². The normalized spacial score (nSPS) is 27.8. The van der Waals surface area contributed by atoms with Crippen LogP contribution in [-0.2, 0) is 22.6 Å². The van der Waals surface area contributed by atoms with Crippen LogP contribution in [-0.4, -0.2) is 48.4 Å². The van der Waals surface area contributed by atoms with E-state index in [1.165, 1.54) is 12.1 Å². The van der Waals surface area contributed by atoms with Crippen molar-refractivity contribution in [3.05, 3.63) is 35.3 Å². The zero-order valence-electron chi connectivity index (χ0n) is 15.2. The van der Waals surface area contributed by atoms with Gasteiger partial charge in [-0.05, 0) is 37.5 Å². The molecule has 144 valence electrons. The van der Waals surface area contributed by atoms with Gasteiger partial charge in [0.2, 0.25) is 0 Å². The summed E-state index contributed by atoms with van der Waals surface area (Å²) < 4.78 is 27.3. The fraction of sp³-hybridized carbons (Fsp3) is 0.550. The number of nitrogens with zero attached hydrogens (tertiary/aromatic N) is 1. The topological polar surface area (TPSA) is 64.5 Å². The van der Waals surface area contributed by atoms with Crippen LogP contribution in [0.4, 0.5) is 4.39 Å². The van der Waals surface area contributed by atoms with Crippen molar-refractivity contribution >= 4 is 16.8 Å². The quantitative estimate of drug-likeness (QED) is 0.845. The van der Waals surface area contributed by atoms with Crippen molar-refractivity contribution < 1.29 is 18.7 Å². The number of amides is 1. The van der Waals surface area contributed by atoms with E-state index in [9.17, 15) is 9.18 Å². The number of rotatable bonds is 2. The third-order valence-electron chi connectivity index (χ3n) is 5.85. The molecule has 2 N–H and O–H groups in total. The number of aryl methyl sites for hydroxylation is 1. The maximum absolute atomic E-state index is 13.9. The zero-order chi connectivity index (χ0) is 18.4. The van der Waals surface area contributed by atoms with E-state index in [0.29, 0.717) is 37.4 Å². The molecule has 2 unspecified atom stereocenters. The van der Waals surface area contributed by atoms with Gasteiger partial charge < -0.3 is 24.7 Å². The van der Waals surface area contributed by atoms with E-state index in [1.54, 1.807) is 6.07 Å². The highest BCUT2D eigenvalue weighted by molar-refractivity contribution is 6.08. The highest BCUT2D eigenvalue weighted by atomic mass is 19.1. The molecule has 5 rings (SSSR count). The number of benzene rings is 1. The second kappa shape index (κ2) is 6.89. The Kier molecular flexibility index (Phi) is 4.38. The number of piperidine rings is 1. The maximum Gasteiger partial charge on any atom is 0.254 e. The molecule has 7 heteroatoms. The lowest BCUT2D eigenvalue weighted by molar-refractivity contribution is 0.0148. The molecule has 0 saturated carbocycles. The molecule has 27 heavy (non-hydrogen) atoms. The van der Waals surface area contributed by atoms with Gasteiger partial charge in [-0.2, -0.15) is 0 Å². The molecular formula is C20H24FN3O3.